The number of carbonyl (C=O) groups excluding carboxylic acids is 4. The minimum absolute atomic E-state index is 0.0948. The molecule has 2 heterocycles. The van der Waals surface area contributed by atoms with E-state index in [0.29, 0.717) is 16.8 Å². The third kappa shape index (κ3) is 4.31. The van der Waals surface area contributed by atoms with Crippen LogP contribution in [0.3, 0.4) is 0 Å². The fraction of sp³-hybridized carbons (Fsp3) is 0.273. The first-order valence-electron chi connectivity index (χ1n) is 14.3. The van der Waals surface area contributed by atoms with Crippen LogP contribution in [-0.2, 0) is 19.2 Å². The van der Waals surface area contributed by atoms with Gasteiger partial charge >= 0.3 is 0 Å². The van der Waals surface area contributed by atoms with Crippen molar-refractivity contribution in [2.24, 2.45) is 17.8 Å². The predicted molar refractivity (Wildman–Crippen MR) is 175 cm³/mol. The second kappa shape index (κ2) is 10.9. The molecule has 0 radical (unpaired) electrons. The number of carbonyl (C=O) groups is 4. The maximum absolute atomic E-state index is 14.2. The fourth-order valence-electron chi connectivity index (χ4n) is 7.49. The molecule has 2 saturated heterocycles. The van der Waals surface area contributed by atoms with Gasteiger partial charge in [-0.25, -0.2) is 0 Å². The molecule has 4 amide bonds. The van der Waals surface area contributed by atoms with E-state index in [1.54, 1.807) is 30.3 Å². The van der Waals surface area contributed by atoms with Gasteiger partial charge in [0, 0.05) is 22.3 Å². The first-order chi connectivity index (χ1) is 21.5. The average molecular weight is 730 g/mol. The maximum Gasteiger partial charge on any atom is 0.254 e. The molecule has 2 aliphatic heterocycles. The van der Waals surface area contributed by atoms with E-state index in [4.69, 9.17) is 34.8 Å². The van der Waals surface area contributed by atoms with Crippen LogP contribution in [0.1, 0.15) is 24.3 Å². The van der Waals surface area contributed by atoms with Gasteiger partial charge in [-0.15, -0.1) is 23.2 Å². The van der Waals surface area contributed by atoms with Crippen molar-refractivity contribution >= 4 is 91.4 Å². The predicted octanol–water partition coefficient (Wildman–Crippen LogP) is 6.71. The standard InChI is InChI=1S/C33H25BrCl3N3O5/c34-16-39-30(44)32(36)15-24-21(27(33(32,37)31(39)45)22-11-10-20(41)14-25(22)35)12-13-23-26(24)29(43)40(28(23)42)19-8-6-18(7-9-19)38-17-4-2-1-3-5-17/h1-12,14,23-24,26-27,38,41H,13,15-16H2. The molecule has 230 valence electrons. The molecule has 3 aromatic carbocycles. The number of anilines is 3. The van der Waals surface area contributed by atoms with Crippen LogP contribution < -0.4 is 10.2 Å². The molecule has 0 bridgehead atoms. The van der Waals surface area contributed by atoms with E-state index >= 15 is 0 Å². The molecular weight excluding hydrogens is 705 g/mol. The second-order valence-electron chi connectivity index (χ2n) is 11.7. The molecule has 6 atom stereocenters. The van der Waals surface area contributed by atoms with E-state index in [1.807, 2.05) is 36.4 Å². The Morgan fingerprint density at radius 1 is 0.889 bits per heavy atom. The first-order valence-corrected chi connectivity index (χ1v) is 16.5. The zero-order valence-corrected chi connectivity index (χ0v) is 27.3. The number of fused-ring (bicyclic) bond motifs is 4. The molecule has 1 saturated carbocycles. The van der Waals surface area contributed by atoms with Gasteiger partial charge in [0.1, 0.15) is 5.75 Å². The summed E-state index contributed by atoms with van der Waals surface area (Å²) in [4.78, 5) is 54.0. The van der Waals surface area contributed by atoms with Crippen molar-refractivity contribution < 1.29 is 24.3 Å². The Hall–Kier alpha value is -3.37. The van der Waals surface area contributed by atoms with E-state index < -0.39 is 51.1 Å². The molecule has 12 heteroatoms. The van der Waals surface area contributed by atoms with Crippen LogP contribution in [0.25, 0.3) is 0 Å². The third-order valence-electron chi connectivity index (χ3n) is 9.50. The number of benzene rings is 3. The quantitative estimate of drug-likeness (QED) is 0.131. The molecule has 45 heavy (non-hydrogen) atoms. The van der Waals surface area contributed by atoms with Crippen molar-refractivity contribution in [3.8, 4) is 5.75 Å². The number of halogens is 4. The molecular formula is C33H25BrCl3N3O5. The summed E-state index contributed by atoms with van der Waals surface area (Å²) in [5, 5.41) is 13.5. The highest BCUT2D eigenvalue weighted by molar-refractivity contribution is 9.09. The number of nitrogens with one attached hydrogen (secondary N) is 1. The summed E-state index contributed by atoms with van der Waals surface area (Å²) in [6, 6.07) is 20.9. The number of amides is 4. The summed E-state index contributed by atoms with van der Waals surface area (Å²) in [6.45, 7) is 0. The van der Waals surface area contributed by atoms with Crippen molar-refractivity contribution in [2.75, 3.05) is 15.7 Å². The van der Waals surface area contributed by atoms with Crippen molar-refractivity contribution in [1.29, 1.82) is 0 Å². The van der Waals surface area contributed by atoms with E-state index in [1.165, 1.54) is 17.0 Å². The lowest BCUT2D eigenvalue weighted by Gasteiger charge is -2.51. The number of nitrogens with zero attached hydrogens (tertiary/aromatic N) is 2. The molecule has 8 nitrogen and oxygen atoms in total. The zero-order valence-electron chi connectivity index (χ0n) is 23.4. The topological polar surface area (TPSA) is 107 Å². The highest BCUT2D eigenvalue weighted by atomic mass is 79.9. The Morgan fingerprint density at radius 3 is 2.24 bits per heavy atom. The number of hydrogen-bond acceptors (Lipinski definition) is 6. The lowest BCUT2D eigenvalue weighted by molar-refractivity contribution is -0.138. The van der Waals surface area contributed by atoms with Gasteiger partial charge in [-0.05, 0) is 72.9 Å². The van der Waals surface area contributed by atoms with Gasteiger partial charge in [0.25, 0.3) is 11.8 Å². The summed E-state index contributed by atoms with van der Waals surface area (Å²) in [5.41, 5.74) is 3.00. The van der Waals surface area contributed by atoms with Gasteiger partial charge in [0.15, 0.2) is 9.75 Å². The van der Waals surface area contributed by atoms with Crippen LogP contribution >= 0.6 is 50.7 Å². The van der Waals surface area contributed by atoms with Crippen molar-refractivity contribution in [2.45, 2.75) is 28.5 Å². The number of phenolic OH excluding ortho intramolecular Hbond substituents is 1. The number of para-hydroxylation sites is 1. The fourth-order valence-corrected chi connectivity index (χ4v) is 9.19. The van der Waals surface area contributed by atoms with E-state index in [0.717, 1.165) is 16.3 Å². The number of likely N-dealkylation sites (tertiary alicyclic amines) is 1. The summed E-state index contributed by atoms with van der Waals surface area (Å²) < 4.78 is 0. The van der Waals surface area contributed by atoms with Gasteiger partial charge in [0.05, 0.1) is 23.0 Å². The number of allylic oxidation sites excluding steroid dienone is 2. The highest BCUT2D eigenvalue weighted by Gasteiger charge is 2.76. The van der Waals surface area contributed by atoms with Crippen LogP contribution in [0.2, 0.25) is 5.02 Å². The molecule has 0 aromatic heterocycles. The normalized spacial score (nSPS) is 30.6. The Balaban J connectivity index is 1.28. The molecule has 7 rings (SSSR count). The lowest BCUT2D eigenvalue weighted by atomic mass is 9.56. The summed E-state index contributed by atoms with van der Waals surface area (Å²) >= 11 is 24.3. The monoisotopic (exact) mass is 727 g/mol. The van der Waals surface area contributed by atoms with E-state index in [9.17, 15) is 24.3 Å². The van der Waals surface area contributed by atoms with Crippen molar-refractivity contribution in [3.63, 3.8) is 0 Å². The first kappa shape index (κ1) is 30.3. The minimum atomic E-state index is -1.97. The van der Waals surface area contributed by atoms with Crippen LogP contribution in [0, 0.1) is 17.8 Å². The Labute approximate surface area is 282 Å². The summed E-state index contributed by atoms with van der Waals surface area (Å²) in [6.07, 6.45) is 1.94. The Morgan fingerprint density at radius 2 is 1.58 bits per heavy atom. The molecule has 3 aromatic rings. The van der Waals surface area contributed by atoms with E-state index in [-0.39, 0.29) is 35.0 Å². The summed E-state index contributed by atoms with van der Waals surface area (Å²) in [5.74, 6) is -5.43. The number of hydrogen-bond donors (Lipinski definition) is 2. The lowest BCUT2D eigenvalue weighted by Crippen LogP contribution is -2.60. The van der Waals surface area contributed by atoms with Gasteiger partial charge in [0.2, 0.25) is 11.8 Å². The van der Waals surface area contributed by atoms with E-state index in [2.05, 4.69) is 21.2 Å². The molecule has 2 aliphatic carbocycles. The van der Waals surface area contributed by atoms with Gasteiger partial charge in [-0.2, -0.15) is 0 Å². The van der Waals surface area contributed by atoms with Crippen LogP contribution in [-0.4, -0.2) is 48.8 Å². The number of rotatable bonds is 5. The van der Waals surface area contributed by atoms with Crippen LogP contribution in [0.15, 0.2) is 84.4 Å². The Kier molecular flexibility index (Phi) is 7.32. The van der Waals surface area contributed by atoms with Crippen molar-refractivity contribution in [3.05, 3.63) is 95.0 Å². The second-order valence-corrected chi connectivity index (χ2v) is 13.9. The number of imide groups is 2. The third-order valence-corrected chi connectivity index (χ3v) is 11.7. The average Bonchev–Trinajstić information content (AvgIpc) is 3.36. The van der Waals surface area contributed by atoms with Gasteiger partial charge < -0.3 is 10.4 Å². The molecule has 2 N–H and O–H groups in total. The smallest absolute Gasteiger partial charge is 0.254 e. The van der Waals surface area contributed by atoms with Gasteiger partial charge in [-0.3, -0.25) is 29.0 Å². The molecule has 3 fully saturated rings. The van der Waals surface area contributed by atoms with Crippen molar-refractivity contribution in [1.82, 2.24) is 4.90 Å². The highest BCUT2D eigenvalue weighted by Crippen LogP contribution is 2.66. The zero-order chi connectivity index (χ0) is 31.8. The van der Waals surface area contributed by atoms with Crippen LogP contribution in [0.5, 0.6) is 5.75 Å². The number of phenols is 1. The number of alkyl halides is 3. The SMILES string of the molecule is O=C1C2CC=C3C(CC4(Cl)C(=O)N(CBr)C(=O)C4(Cl)C3c3ccc(O)cc3Cl)C2C(=O)N1c1ccc(Nc2ccccc2)cc1. The van der Waals surface area contributed by atoms with Crippen LogP contribution in [0.4, 0.5) is 17.1 Å². The minimum Gasteiger partial charge on any atom is -0.508 e. The number of aromatic hydroxyl groups is 1. The molecule has 4 aliphatic rings. The maximum atomic E-state index is 14.2. The molecule has 0 spiro atoms. The largest absolute Gasteiger partial charge is 0.508 e. The summed E-state index contributed by atoms with van der Waals surface area (Å²) in [7, 11) is 0. The van der Waals surface area contributed by atoms with Gasteiger partial charge in [-0.1, -0.05) is 63.4 Å². The Bertz CT molecular complexity index is 1800. The molecule has 6 unspecified atom stereocenters.